The molecule has 0 aliphatic carbocycles. The molecule has 0 spiro atoms. The fourth-order valence-corrected chi connectivity index (χ4v) is 4.69. The van der Waals surface area contributed by atoms with Gasteiger partial charge in [-0.3, -0.25) is 0 Å². The molecule has 0 fully saturated rings. The number of methoxy groups -OCH3 is 2. The predicted molar refractivity (Wildman–Crippen MR) is 109 cm³/mol. The molecule has 7 nitrogen and oxygen atoms in total. The van der Waals surface area contributed by atoms with E-state index < -0.39 is 16.1 Å². The summed E-state index contributed by atoms with van der Waals surface area (Å²) in [4.78, 5) is 4.38. The summed E-state index contributed by atoms with van der Waals surface area (Å²) in [7, 11) is 0.901. The molecule has 3 aromatic rings. The van der Waals surface area contributed by atoms with Crippen molar-refractivity contribution in [1.82, 2.24) is 14.3 Å². The number of hydrogen-bond acceptors (Lipinski definition) is 5. The molecular weight excluding hydrogens is 446 g/mol. The Morgan fingerprint density at radius 3 is 2.39 bits per heavy atom. The number of rotatable bonds is 7. The third-order valence-electron chi connectivity index (χ3n) is 4.25. The second-order valence-electron chi connectivity index (χ2n) is 6.02. The first-order chi connectivity index (χ1) is 13.4. The van der Waals surface area contributed by atoms with Crippen LogP contribution >= 0.6 is 15.9 Å². The van der Waals surface area contributed by atoms with Crippen LogP contribution in [0, 0.1) is 0 Å². The van der Waals surface area contributed by atoms with Gasteiger partial charge in [0.2, 0.25) is 10.0 Å². The summed E-state index contributed by atoms with van der Waals surface area (Å²) in [6.45, 7) is 0. The molecule has 0 saturated carbocycles. The van der Waals surface area contributed by atoms with Gasteiger partial charge in [-0.05, 0) is 35.9 Å². The van der Waals surface area contributed by atoms with Crippen LogP contribution in [0.5, 0.6) is 11.5 Å². The lowest BCUT2D eigenvalue weighted by Crippen LogP contribution is -2.31. The van der Waals surface area contributed by atoms with Crippen molar-refractivity contribution in [3.63, 3.8) is 0 Å². The average molecular weight is 466 g/mol. The van der Waals surface area contributed by atoms with E-state index in [1.807, 2.05) is 7.05 Å². The maximum Gasteiger partial charge on any atom is 0.245 e. The van der Waals surface area contributed by atoms with E-state index in [1.54, 1.807) is 60.5 Å². The Labute approximate surface area is 172 Å². The van der Waals surface area contributed by atoms with E-state index in [2.05, 4.69) is 25.6 Å². The number of imidazole rings is 1. The van der Waals surface area contributed by atoms with Gasteiger partial charge >= 0.3 is 0 Å². The standard InChI is InChI=1S/C19H20BrN3O4S/c1-23-11-10-21-19(23)18(13-4-7-15(26-2)8-5-13)22-28(24,25)17-12-14(20)6-9-16(17)27-3/h4-12,18,22H,1-3H3. The molecule has 0 bridgehead atoms. The van der Waals surface area contributed by atoms with Crippen LogP contribution in [0.1, 0.15) is 17.4 Å². The number of halogens is 1. The summed E-state index contributed by atoms with van der Waals surface area (Å²) in [6, 6.07) is 11.3. The monoisotopic (exact) mass is 465 g/mol. The molecule has 1 unspecified atom stereocenters. The number of aromatic nitrogens is 2. The van der Waals surface area contributed by atoms with Crippen molar-refractivity contribution in [3.8, 4) is 11.5 Å². The van der Waals surface area contributed by atoms with Gasteiger partial charge in [-0.1, -0.05) is 28.1 Å². The quantitative estimate of drug-likeness (QED) is 0.578. The molecule has 0 saturated heterocycles. The first-order valence-electron chi connectivity index (χ1n) is 8.32. The van der Waals surface area contributed by atoms with E-state index in [0.717, 1.165) is 5.56 Å². The Morgan fingerprint density at radius 1 is 1.11 bits per heavy atom. The van der Waals surface area contributed by atoms with E-state index >= 15 is 0 Å². The Bertz CT molecular complexity index is 1070. The maximum absolute atomic E-state index is 13.2. The molecule has 0 aliphatic rings. The van der Waals surface area contributed by atoms with Crippen LogP contribution in [-0.2, 0) is 17.1 Å². The molecule has 0 aliphatic heterocycles. The molecule has 9 heteroatoms. The number of ether oxygens (including phenoxy) is 2. The minimum atomic E-state index is -3.92. The van der Waals surface area contributed by atoms with Crippen LogP contribution in [0.25, 0.3) is 0 Å². The van der Waals surface area contributed by atoms with Gasteiger partial charge in [-0.25, -0.2) is 13.4 Å². The molecule has 148 valence electrons. The Balaban J connectivity index is 2.06. The molecule has 3 rings (SSSR count). The number of nitrogens with zero attached hydrogens (tertiary/aromatic N) is 2. The summed E-state index contributed by atoms with van der Waals surface area (Å²) in [5.41, 5.74) is 0.729. The van der Waals surface area contributed by atoms with E-state index in [0.29, 0.717) is 16.0 Å². The first-order valence-corrected chi connectivity index (χ1v) is 10.6. The smallest absolute Gasteiger partial charge is 0.245 e. The largest absolute Gasteiger partial charge is 0.497 e. The molecule has 0 radical (unpaired) electrons. The van der Waals surface area contributed by atoms with Crippen molar-refractivity contribution < 1.29 is 17.9 Å². The van der Waals surface area contributed by atoms with Crippen LogP contribution < -0.4 is 14.2 Å². The molecule has 1 atom stereocenters. The lowest BCUT2D eigenvalue weighted by atomic mass is 10.1. The minimum absolute atomic E-state index is 0.0390. The van der Waals surface area contributed by atoms with Gasteiger partial charge in [0.15, 0.2) is 0 Å². The molecular formula is C19H20BrN3O4S. The summed E-state index contributed by atoms with van der Waals surface area (Å²) < 4.78 is 42.0. The zero-order chi connectivity index (χ0) is 20.3. The van der Waals surface area contributed by atoms with Crippen molar-refractivity contribution in [2.75, 3.05) is 14.2 Å². The van der Waals surface area contributed by atoms with E-state index in [9.17, 15) is 8.42 Å². The fourth-order valence-electron chi connectivity index (χ4n) is 2.80. The molecule has 1 N–H and O–H groups in total. The van der Waals surface area contributed by atoms with Crippen LogP contribution in [0.4, 0.5) is 0 Å². The van der Waals surface area contributed by atoms with Gasteiger partial charge < -0.3 is 14.0 Å². The third kappa shape index (κ3) is 4.21. The van der Waals surface area contributed by atoms with Crippen molar-refractivity contribution in [3.05, 3.63) is 70.7 Å². The fraction of sp³-hybridized carbons (Fsp3) is 0.211. The van der Waals surface area contributed by atoms with Crippen molar-refractivity contribution >= 4 is 26.0 Å². The molecule has 0 amide bonds. The van der Waals surface area contributed by atoms with Gasteiger partial charge in [0.05, 0.1) is 14.2 Å². The van der Waals surface area contributed by atoms with Gasteiger partial charge in [0, 0.05) is 23.9 Å². The average Bonchev–Trinajstić information content (AvgIpc) is 3.12. The number of nitrogens with one attached hydrogen (secondary N) is 1. The van der Waals surface area contributed by atoms with Crippen LogP contribution in [0.15, 0.2) is 64.2 Å². The van der Waals surface area contributed by atoms with Gasteiger partial charge in [0.25, 0.3) is 0 Å². The third-order valence-corrected chi connectivity index (χ3v) is 6.19. The first kappa shape index (κ1) is 20.4. The normalized spacial score (nSPS) is 12.6. The lowest BCUT2D eigenvalue weighted by Gasteiger charge is -2.20. The second kappa shape index (κ2) is 8.34. The van der Waals surface area contributed by atoms with Gasteiger partial charge in [-0.2, -0.15) is 4.72 Å². The topological polar surface area (TPSA) is 82.4 Å². The molecule has 28 heavy (non-hydrogen) atoms. The lowest BCUT2D eigenvalue weighted by molar-refractivity contribution is 0.402. The zero-order valence-corrected chi connectivity index (χ0v) is 18.0. The van der Waals surface area contributed by atoms with Crippen molar-refractivity contribution in [1.29, 1.82) is 0 Å². The van der Waals surface area contributed by atoms with Crippen LogP contribution in [0.3, 0.4) is 0 Å². The zero-order valence-electron chi connectivity index (χ0n) is 15.6. The van der Waals surface area contributed by atoms with Crippen LogP contribution in [0.2, 0.25) is 0 Å². The highest BCUT2D eigenvalue weighted by Crippen LogP contribution is 2.30. The van der Waals surface area contributed by atoms with E-state index in [4.69, 9.17) is 9.47 Å². The van der Waals surface area contributed by atoms with Gasteiger partial charge in [0.1, 0.15) is 28.3 Å². The molecule has 2 aromatic carbocycles. The number of hydrogen-bond donors (Lipinski definition) is 1. The van der Waals surface area contributed by atoms with Crippen LogP contribution in [-0.4, -0.2) is 32.2 Å². The van der Waals surface area contributed by atoms with Crippen molar-refractivity contribution in [2.45, 2.75) is 10.9 Å². The summed E-state index contributed by atoms with van der Waals surface area (Å²) in [5, 5.41) is 0. The number of sulfonamides is 1. The Kier molecular flexibility index (Phi) is 6.07. The Morgan fingerprint density at radius 2 is 1.82 bits per heavy atom. The molecule has 1 heterocycles. The summed E-state index contributed by atoms with van der Waals surface area (Å²) in [6.07, 6.45) is 3.39. The van der Waals surface area contributed by atoms with E-state index in [1.165, 1.54) is 13.2 Å². The predicted octanol–water partition coefficient (Wildman–Crippen LogP) is 3.27. The summed E-state index contributed by atoms with van der Waals surface area (Å²) in [5.74, 6) is 1.49. The number of aryl methyl sites for hydroxylation is 1. The highest BCUT2D eigenvalue weighted by molar-refractivity contribution is 9.10. The maximum atomic E-state index is 13.2. The van der Waals surface area contributed by atoms with Crippen molar-refractivity contribution in [2.24, 2.45) is 7.05 Å². The molecule has 1 aromatic heterocycles. The van der Waals surface area contributed by atoms with Gasteiger partial charge in [-0.15, -0.1) is 0 Å². The highest BCUT2D eigenvalue weighted by atomic mass is 79.9. The second-order valence-corrected chi connectivity index (χ2v) is 8.62. The minimum Gasteiger partial charge on any atom is -0.497 e. The van der Waals surface area contributed by atoms with E-state index in [-0.39, 0.29) is 10.6 Å². The summed E-state index contributed by atoms with van der Waals surface area (Å²) >= 11 is 3.32. The Hall–Kier alpha value is -2.36. The SMILES string of the molecule is COc1ccc(C(NS(=O)(=O)c2cc(Br)ccc2OC)c2nccn2C)cc1. The highest BCUT2D eigenvalue weighted by Gasteiger charge is 2.28. The number of benzene rings is 2.